The maximum Gasteiger partial charge on any atom is 0.199 e. The number of nitrogens with one attached hydrogen (secondary N) is 1. The van der Waals surface area contributed by atoms with Gasteiger partial charge in [0.25, 0.3) is 0 Å². The lowest BCUT2D eigenvalue weighted by Crippen LogP contribution is -1.87. The van der Waals surface area contributed by atoms with Gasteiger partial charge in [-0.3, -0.25) is 0 Å². The van der Waals surface area contributed by atoms with Crippen molar-refractivity contribution < 1.29 is 0 Å². The highest BCUT2D eigenvalue weighted by Gasteiger charge is 2.14. The number of nitrogens with zero attached hydrogens (tertiary/aromatic N) is 1. The molecule has 0 bridgehead atoms. The average molecular weight is 234 g/mol. The highest BCUT2D eigenvalue weighted by molar-refractivity contribution is 6.32. The molecule has 0 saturated heterocycles. The highest BCUT2D eigenvalue weighted by Crippen LogP contribution is 2.30. The Hall–Kier alpha value is -1.48. The van der Waals surface area contributed by atoms with E-state index in [1.807, 2.05) is 0 Å². The molecular weight excluding hydrogens is 222 g/mol. The monoisotopic (exact) mass is 233 g/mol. The third-order valence-corrected chi connectivity index (χ3v) is 3.32. The Morgan fingerprint density at radius 3 is 2.81 bits per heavy atom. The van der Waals surface area contributed by atoms with E-state index in [2.05, 4.69) is 28.2 Å². The molecular formula is C12H12ClN3. The van der Waals surface area contributed by atoms with Crippen molar-refractivity contribution in [2.24, 2.45) is 0 Å². The molecule has 3 nitrogen and oxygen atoms in total. The van der Waals surface area contributed by atoms with Gasteiger partial charge in [0.2, 0.25) is 0 Å². The largest absolute Gasteiger partial charge is 0.369 e. The van der Waals surface area contributed by atoms with E-state index in [1.165, 1.54) is 24.0 Å². The molecule has 3 N–H and O–H groups in total. The van der Waals surface area contributed by atoms with Gasteiger partial charge in [-0.05, 0) is 36.5 Å². The maximum absolute atomic E-state index is 6.03. The number of aromatic amines is 1. The number of hydrogen-bond donors (Lipinski definition) is 2. The topological polar surface area (TPSA) is 54.7 Å². The predicted octanol–water partition coefficient (Wildman–Crippen LogP) is 2.80. The third-order valence-electron chi connectivity index (χ3n) is 3.05. The van der Waals surface area contributed by atoms with Gasteiger partial charge in [0, 0.05) is 5.56 Å². The van der Waals surface area contributed by atoms with Gasteiger partial charge in [-0.15, -0.1) is 0 Å². The van der Waals surface area contributed by atoms with Gasteiger partial charge in [-0.1, -0.05) is 23.7 Å². The first-order valence-corrected chi connectivity index (χ1v) is 5.75. The fraction of sp³-hybridized carbons (Fsp3) is 0.250. The van der Waals surface area contributed by atoms with Crippen molar-refractivity contribution in [2.75, 3.05) is 5.73 Å². The zero-order chi connectivity index (χ0) is 11.1. The number of aryl methyl sites for hydroxylation is 2. The van der Waals surface area contributed by atoms with Gasteiger partial charge in [0.15, 0.2) is 5.95 Å². The van der Waals surface area contributed by atoms with E-state index >= 15 is 0 Å². The van der Waals surface area contributed by atoms with Gasteiger partial charge >= 0.3 is 0 Å². The van der Waals surface area contributed by atoms with Crippen molar-refractivity contribution in [3.8, 4) is 11.3 Å². The Kier molecular flexibility index (Phi) is 2.14. The number of imidazole rings is 1. The Labute approximate surface area is 98.6 Å². The van der Waals surface area contributed by atoms with Crippen LogP contribution in [0, 0.1) is 0 Å². The zero-order valence-corrected chi connectivity index (χ0v) is 9.51. The second-order valence-electron chi connectivity index (χ2n) is 4.12. The quantitative estimate of drug-likeness (QED) is 0.796. The van der Waals surface area contributed by atoms with Gasteiger partial charge in [-0.25, -0.2) is 4.98 Å². The SMILES string of the molecule is Nc1nc(-c2ccc3c(c2)CCC3)c(Cl)[nH]1. The van der Waals surface area contributed by atoms with E-state index in [1.54, 1.807) is 0 Å². The van der Waals surface area contributed by atoms with Crippen molar-refractivity contribution in [3.05, 3.63) is 34.5 Å². The first kappa shape index (κ1) is 9.73. The van der Waals surface area contributed by atoms with E-state index in [4.69, 9.17) is 17.3 Å². The van der Waals surface area contributed by atoms with E-state index < -0.39 is 0 Å². The minimum atomic E-state index is 0.362. The smallest absolute Gasteiger partial charge is 0.199 e. The van der Waals surface area contributed by atoms with Crippen molar-refractivity contribution in [1.29, 1.82) is 0 Å². The molecule has 0 unspecified atom stereocenters. The Morgan fingerprint density at radius 2 is 2.06 bits per heavy atom. The maximum atomic E-state index is 6.03. The Balaban J connectivity index is 2.10. The number of aromatic nitrogens is 2. The van der Waals surface area contributed by atoms with Crippen LogP contribution in [0.2, 0.25) is 5.15 Å². The molecule has 0 amide bonds. The number of rotatable bonds is 1. The van der Waals surface area contributed by atoms with Crippen LogP contribution in [0.3, 0.4) is 0 Å². The second kappa shape index (κ2) is 3.52. The lowest BCUT2D eigenvalue weighted by molar-refractivity contribution is 0.912. The number of nitrogen functional groups attached to an aromatic ring is 1. The van der Waals surface area contributed by atoms with Crippen molar-refractivity contribution in [3.63, 3.8) is 0 Å². The van der Waals surface area contributed by atoms with Gasteiger partial charge in [0.05, 0.1) is 0 Å². The summed E-state index contributed by atoms with van der Waals surface area (Å²) in [6.45, 7) is 0. The number of anilines is 1. The molecule has 1 aliphatic rings. The Bertz CT molecular complexity index is 545. The minimum absolute atomic E-state index is 0.362. The molecule has 4 heteroatoms. The molecule has 2 aromatic rings. The summed E-state index contributed by atoms with van der Waals surface area (Å²) in [6, 6.07) is 6.40. The summed E-state index contributed by atoms with van der Waals surface area (Å²) in [5.74, 6) is 0.362. The molecule has 1 aromatic carbocycles. The summed E-state index contributed by atoms with van der Waals surface area (Å²) in [5.41, 5.74) is 10.2. The number of H-pyrrole nitrogens is 1. The normalized spacial score (nSPS) is 14.1. The molecule has 3 rings (SSSR count). The number of nitrogens with two attached hydrogens (primary N) is 1. The number of fused-ring (bicyclic) bond motifs is 1. The van der Waals surface area contributed by atoms with Crippen molar-refractivity contribution in [1.82, 2.24) is 9.97 Å². The van der Waals surface area contributed by atoms with Crippen LogP contribution >= 0.6 is 11.6 Å². The van der Waals surface area contributed by atoms with Crippen LogP contribution in [0.25, 0.3) is 11.3 Å². The van der Waals surface area contributed by atoms with Gasteiger partial charge in [0.1, 0.15) is 10.8 Å². The number of halogens is 1. The molecule has 1 aliphatic carbocycles. The molecule has 0 saturated carbocycles. The lowest BCUT2D eigenvalue weighted by atomic mass is 10.0. The van der Waals surface area contributed by atoms with Gasteiger partial charge < -0.3 is 10.7 Å². The van der Waals surface area contributed by atoms with E-state index in [0.29, 0.717) is 11.1 Å². The van der Waals surface area contributed by atoms with Crippen LogP contribution in [-0.2, 0) is 12.8 Å². The fourth-order valence-corrected chi connectivity index (χ4v) is 2.53. The molecule has 82 valence electrons. The lowest BCUT2D eigenvalue weighted by Gasteiger charge is -2.02. The standard InChI is InChI=1S/C12H12ClN3/c13-11-10(15-12(14)16-11)9-5-4-7-2-1-3-8(7)6-9/h4-6H,1-3H2,(H3,14,15,16). The molecule has 0 fully saturated rings. The van der Waals surface area contributed by atoms with E-state index in [-0.39, 0.29) is 0 Å². The van der Waals surface area contributed by atoms with Crippen LogP contribution in [0.5, 0.6) is 0 Å². The van der Waals surface area contributed by atoms with Crippen LogP contribution < -0.4 is 5.73 Å². The summed E-state index contributed by atoms with van der Waals surface area (Å²) in [5, 5.41) is 0.510. The number of benzene rings is 1. The average Bonchev–Trinajstić information content (AvgIpc) is 2.83. The van der Waals surface area contributed by atoms with Crippen LogP contribution in [0.1, 0.15) is 17.5 Å². The first-order chi connectivity index (χ1) is 7.74. The summed E-state index contributed by atoms with van der Waals surface area (Å²) >= 11 is 6.03. The summed E-state index contributed by atoms with van der Waals surface area (Å²) in [7, 11) is 0. The van der Waals surface area contributed by atoms with E-state index in [9.17, 15) is 0 Å². The summed E-state index contributed by atoms with van der Waals surface area (Å²) in [4.78, 5) is 7.00. The molecule has 1 heterocycles. The predicted molar refractivity (Wildman–Crippen MR) is 65.5 cm³/mol. The Morgan fingerprint density at radius 1 is 1.25 bits per heavy atom. The van der Waals surface area contributed by atoms with Crippen LogP contribution in [0.4, 0.5) is 5.95 Å². The molecule has 0 spiro atoms. The molecule has 0 aliphatic heterocycles. The van der Waals surface area contributed by atoms with Crippen LogP contribution in [0.15, 0.2) is 18.2 Å². The zero-order valence-electron chi connectivity index (χ0n) is 8.76. The third kappa shape index (κ3) is 1.48. The molecule has 1 aromatic heterocycles. The van der Waals surface area contributed by atoms with Crippen molar-refractivity contribution in [2.45, 2.75) is 19.3 Å². The highest BCUT2D eigenvalue weighted by atomic mass is 35.5. The first-order valence-electron chi connectivity index (χ1n) is 5.37. The summed E-state index contributed by atoms with van der Waals surface area (Å²) in [6.07, 6.45) is 3.59. The molecule has 16 heavy (non-hydrogen) atoms. The van der Waals surface area contributed by atoms with Crippen LogP contribution in [-0.4, -0.2) is 9.97 Å². The minimum Gasteiger partial charge on any atom is -0.369 e. The molecule has 0 atom stereocenters. The van der Waals surface area contributed by atoms with E-state index in [0.717, 1.165) is 17.7 Å². The van der Waals surface area contributed by atoms with Gasteiger partial charge in [-0.2, -0.15) is 0 Å². The second-order valence-corrected chi connectivity index (χ2v) is 4.50. The number of hydrogen-bond acceptors (Lipinski definition) is 2. The van der Waals surface area contributed by atoms with Crippen molar-refractivity contribution >= 4 is 17.5 Å². The fourth-order valence-electron chi connectivity index (χ4n) is 2.28. The summed E-state index contributed by atoms with van der Waals surface area (Å²) < 4.78 is 0. The molecule has 0 radical (unpaired) electrons.